The van der Waals surface area contributed by atoms with Crippen molar-refractivity contribution in [3.8, 4) is 11.5 Å². The number of ether oxygens (including phenoxy) is 3. The van der Waals surface area contributed by atoms with Gasteiger partial charge in [-0.2, -0.15) is 0 Å². The van der Waals surface area contributed by atoms with E-state index in [1.165, 1.54) is 7.11 Å². The van der Waals surface area contributed by atoms with Gasteiger partial charge in [-0.3, -0.25) is 4.79 Å². The molecule has 0 saturated carbocycles. The molecule has 0 fully saturated rings. The van der Waals surface area contributed by atoms with Crippen molar-refractivity contribution >= 4 is 17.6 Å². The number of hydrogen-bond acceptors (Lipinski definition) is 5. The Morgan fingerprint density at radius 3 is 2.04 bits per heavy atom. The summed E-state index contributed by atoms with van der Waals surface area (Å²) < 4.78 is 15.7. The molecule has 0 spiro atoms. The van der Waals surface area contributed by atoms with E-state index in [0.29, 0.717) is 41.5 Å². The van der Waals surface area contributed by atoms with Crippen molar-refractivity contribution < 1.29 is 23.8 Å². The van der Waals surface area contributed by atoms with Crippen LogP contribution >= 0.6 is 0 Å². The standard InChI is InChI=1S/C20H23NO5/c1-5-25-16-10-15(11-17(12-16)26-6-2)19(22)21-18-8-7-14(9-13(18)3)20(23)24-4/h7-12H,5-6H2,1-4H3,(H,21,22). The Morgan fingerprint density at radius 2 is 1.54 bits per heavy atom. The van der Waals surface area contributed by atoms with Crippen LogP contribution in [0, 0.1) is 6.92 Å². The quantitative estimate of drug-likeness (QED) is 0.762. The molecule has 0 saturated heterocycles. The molecule has 0 aliphatic heterocycles. The highest BCUT2D eigenvalue weighted by Crippen LogP contribution is 2.25. The molecule has 0 unspecified atom stereocenters. The summed E-state index contributed by atoms with van der Waals surface area (Å²) >= 11 is 0. The fourth-order valence-electron chi connectivity index (χ4n) is 2.45. The molecule has 2 aromatic carbocycles. The topological polar surface area (TPSA) is 73.9 Å². The minimum Gasteiger partial charge on any atom is -0.494 e. The number of anilines is 1. The van der Waals surface area contributed by atoms with E-state index in [1.807, 2.05) is 20.8 Å². The number of nitrogens with one attached hydrogen (secondary N) is 1. The van der Waals surface area contributed by atoms with E-state index in [0.717, 1.165) is 5.56 Å². The number of hydrogen-bond donors (Lipinski definition) is 1. The highest BCUT2D eigenvalue weighted by atomic mass is 16.5. The number of rotatable bonds is 7. The lowest BCUT2D eigenvalue weighted by atomic mass is 10.1. The van der Waals surface area contributed by atoms with Gasteiger partial charge >= 0.3 is 5.97 Å². The number of aryl methyl sites for hydroxylation is 1. The molecule has 2 rings (SSSR count). The molecule has 0 bridgehead atoms. The van der Waals surface area contributed by atoms with Crippen LogP contribution < -0.4 is 14.8 Å². The molecule has 0 heterocycles. The maximum Gasteiger partial charge on any atom is 0.337 e. The molecule has 0 aliphatic rings. The first-order chi connectivity index (χ1) is 12.5. The van der Waals surface area contributed by atoms with Gasteiger partial charge in [0.15, 0.2) is 0 Å². The summed E-state index contributed by atoms with van der Waals surface area (Å²) in [6, 6.07) is 10.0. The van der Waals surface area contributed by atoms with Gasteiger partial charge in [0.2, 0.25) is 0 Å². The third kappa shape index (κ3) is 4.75. The number of amides is 1. The maximum atomic E-state index is 12.6. The van der Waals surface area contributed by atoms with Crippen molar-refractivity contribution in [3.05, 3.63) is 53.1 Å². The van der Waals surface area contributed by atoms with Crippen molar-refractivity contribution in [1.29, 1.82) is 0 Å². The van der Waals surface area contributed by atoms with E-state index in [1.54, 1.807) is 36.4 Å². The summed E-state index contributed by atoms with van der Waals surface area (Å²) in [5.41, 5.74) is 2.23. The maximum absolute atomic E-state index is 12.6. The lowest BCUT2D eigenvalue weighted by Crippen LogP contribution is -2.14. The Hall–Kier alpha value is -3.02. The zero-order chi connectivity index (χ0) is 19.1. The highest BCUT2D eigenvalue weighted by molar-refractivity contribution is 6.05. The van der Waals surface area contributed by atoms with Crippen LogP contribution in [0.3, 0.4) is 0 Å². The van der Waals surface area contributed by atoms with Gasteiger partial charge in [0.1, 0.15) is 11.5 Å². The van der Waals surface area contributed by atoms with Crippen LogP contribution in [0.2, 0.25) is 0 Å². The molecule has 0 aliphatic carbocycles. The van der Waals surface area contributed by atoms with E-state index in [2.05, 4.69) is 5.32 Å². The molecular formula is C20H23NO5. The zero-order valence-corrected chi connectivity index (χ0v) is 15.4. The molecule has 6 heteroatoms. The predicted octanol–water partition coefficient (Wildman–Crippen LogP) is 3.83. The van der Waals surface area contributed by atoms with Crippen molar-refractivity contribution in [2.45, 2.75) is 20.8 Å². The zero-order valence-electron chi connectivity index (χ0n) is 15.4. The Kier molecular flexibility index (Phi) is 6.60. The lowest BCUT2D eigenvalue weighted by molar-refractivity contribution is 0.0600. The molecule has 0 aromatic heterocycles. The summed E-state index contributed by atoms with van der Waals surface area (Å²) in [6.07, 6.45) is 0. The smallest absolute Gasteiger partial charge is 0.337 e. The van der Waals surface area contributed by atoms with Gasteiger partial charge in [0.05, 0.1) is 25.9 Å². The van der Waals surface area contributed by atoms with E-state index in [4.69, 9.17) is 14.2 Å². The fourth-order valence-corrected chi connectivity index (χ4v) is 2.45. The molecule has 1 N–H and O–H groups in total. The van der Waals surface area contributed by atoms with Crippen molar-refractivity contribution in [2.24, 2.45) is 0 Å². The first kappa shape index (κ1) is 19.3. The molecule has 0 radical (unpaired) electrons. The fraction of sp³-hybridized carbons (Fsp3) is 0.300. The molecule has 6 nitrogen and oxygen atoms in total. The van der Waals surface area contributed by atoms with Gasteiger partial charge in [-0.05, 0) is 56.7 Å². The second-order valence-electron chi connectivity index (χ2n) is 5.53. The number of carbonyl (C=O) groups is 2. The Bertz CT molecular complexity index is 777. The predicted molar refractivity (Wildman–Crippen MR) is 99.3 cm³/mol. The van der Waals surface area contributed by atoms with E-state index >= 15 is 0 Å². The molecule has 26 heavy (non-hydrogen) atoms. The van der Waals surface area contributed by atoms with Crippen LogP contribution in [0.4, 0.5) is 5.69 Å². The Balaban J connectivity index is 2.25. The van der Waals surface area contributed by atoms with Crippen LogP contribution in [0.15, 0.2) is 36.4 Å². The first-order valence-electron chi connectivity index (χ1n) is 8.39. The van der Waals surface area contributed by atoms with Crippen LogP contribution in [0.25, 0.3) is 0 Å². The summed E-state index contributed by atoms with van der Waals surface area (Å²) in [7, 11) is 1.33. The van der Waals surface area contributed by atoms with E-state index in [-0.39, 0.29) is 5.91 Å². The van der Waals surface area contributed by atoms with Crippen LogP contribution in [-0.4, -0.2) is 32.2 Å². The van der Waals surface area contributed by atoms with Gasteiger partial charge in [0, 0.05) is 17.3 Å². The van der Waals surface area contributed by atoms with Gasteiger partial charge < -0.3 is 19.5 Å². The second kappa shape index (κ2) is 8.89. The van der Waals surface area contributed by atoms with Gasteiger partial charge in [-0.1, -0.05) is 0 Å². The number of carbonyl (C=O) groups excluding carboxylic acids is 2. The summed E-state index contributed by atoms with van der Waals surface area (Å²) in [4.78, 5) is 24.2. The van der Waals surface area contributed by atoms with Crippen molar-refractivity contribution in [2.75, 3.05) is 25.6 Å². The average Bonchev–Trinajstić information content (AvgIpc) is 2.63. The normalized spacial score (nSPS) is 10.2. The average molecular weight is 357 g/mol. The number of esters is 1. The lowest BCUT2D eigenvalue weighted by Gasteiger charge is -2.12. The molecule has 1 amide bonds. The molecule has 2 aromatic rings. The Labute approximate surface area is 153 Å². The highest BCUT2D eigenvalue weighted by Gasteiger charge is 2.13. The summed E-state index contributed by atoms with van der Waals surface area (Å²) in [5.74, 6) is 0.431. The molecule has 0 atom stereocenters. The SMILES string of the molecule is CCOc1cc(OCC)cc(C(=O)Nc2ccc(C(=O)OC)cc2C)c1. The summed E-state index contributed by atoms with van der Waals surface area (Å²) in [6.45, 7) is 6.54. The van der Waals surface area contributed by atoms with Crippen molar-refractivity contribution in [1.82, 2.24) is 0 Å². The van der Waals surface area contributed by atoms with Crippen LogP contribution in [0.1, 0.15) is 40.1 Å². The van der Waals surface area contributed by atoms with Gasteiger partial charge in [-0.25, -0.2) is 4.79 Å². The third-order valence-corrected chi connectivity index (χ3v) is 3.66. The molecular weight excluding hydrogens is 334 g/mol. The third-order valence-electron chi connectivity index (χ3n) is 3.66. The van der Waals surface area contributed by atoms with E-state index in [9.17, 15) is 9.59 Å². The van der Waals surface area contributed by atoms with Gasteiger partial charge in [0.25, 0.3) is 5.91 Å². The minimum absolute atomic E-state index is 0.290. The van der Waals surface area contributed by atoms with Crippen LogP contribution in [0.5, 0.6) is 11.5 Å². The summed E-state index contributed by atoms with van der Waals surface area (Å²) in [5, 5.41) is 2.85. The van der Waals surface area contributed by atoms with Crippen LogP contribution in [-0.2, 0) is 4.74 Å². The van der Waals surface area contributed by atoms with Gasteiger partial charge in [-0.15, -0.1) is 0 Å². The molecule has 138 valence electrons. The monoisotopic (exact) mass is 357 g/mol. The minimum atomic E-state index is -0.420. The van der Waals surface area contributed by atoms with Crippen molar-refractivity contribution in [3.63, 3.8) is 0 Å². The first-order valence-corrected chi connectivity index (χ1v) is 8.39. The second-order valence-corrected chi connectivity index (χ2v) is 5.53. The van der Waals surface area contributed by atoms with E-state index < -0.39 is 5.97 Å². The Morgan fingerprint density at radius 1 is 0.923 bits per heavy atom. The number of benzene rings is 2. The number of methoxy groups -OCH3 is 1. The largest absolute Gasteiger partial charge is 0.494 e.